The average molecular weight is 531 g/mol. The second kappa shape index (κ2) is 12.1. The van der Waals surface area contributed by atoms with Gasteiger partial charge >= 0.3 is 0 Å². The summed E-state index contributed by atoms with van der Waals surface area (Å²) in [5, 5.41) is 25.6. The van der Waals surface area contributed by atoms with Gasteiger partial charge in [0.15, 0.2) is 0 Å². The predicted molar refractivity (Wildman–Crippen MR) is 142 cm³/mol. The van der Waals surface area contributed by atoms with Crippen molar-refractivity contribution >= 4 is 17.7 Å². The van der Waals surface area contributed by atoms with Crippen molar-refractivity contribution in [1.29, 1.82) is 5.26 Å². The third kappa shape index (κ3) is 6.25. The molecule has 0 bridgehead atoms. The van der Waals surface area contributed by atoms with Gasteiger partial charge in [0, 0.05) is 24.6 Å². The van der Waals surface area contributed by atoms with E-state index in [0.29, 0.717) is 42.5 Å². The fraction of sp³-hybridized carbons (Fsp3) is 0.393. The molecule has 1 aliphatic heterocycles. The molecule has 3 aromatic rings. The zero-order chi connectivity index (χ0) is 27.2. The Balaban J connectivity index is 1.30. The number of hydrogen-bond donors (Lipinski definition) is 3. The van der Waals surface area contributed by atoms with E-state index in [4.69, 9.17) is 14.2 Å². The summed E-state index contributed by atoms with van der Waals surface area (Å²) in [7, 11) is 1.44. The van der Waals surface area contributed by atoms with Crippen molar-refractivity contribution in [2.24, 2.45) is 0 Å². The van der Waals surface area contributed by atoms with Crippen molar-refractivity contribution in [1.82, 2.24) is 20.3 Å². The molecule has 3 heterocycles. The fourth-order valence-corrected chi connectivity index (χ4v) is 4.74. The normalized spacial score (nSPS) is 19.2. The topological polar surface area (TPSA) is 152 Å². The first-order valence-electron chi connectivity index (χ1n) is 13.0. The lowest BCUT2D eigenvalue weighted by Gasteiger charge is -2.23. The fourth-order valence-electron chi connectivity index (χ4n) is 4.74. The number of aliphatic hydroxyl groups is 1. The molecular formula is C28H30N6O5. The summed E-state index contributed by atoms with van der Waals surface area (Å²) in [6.07, 6.45) is 4.96. The highest BCUT2D eigenvalue weighted by molar-refractivity contribution is 5.97. The summed E-state index contributed by atoms with van der Waals surface area (Å²) in [6.45, 7) is 1.31. The van der Waals surface area contributed by atoms with Crippen LogP contribution in [0.1, 0.15) is 48.0 Å². The molecular weight excluding hydrogens is 500 g/mol. The maximum atomic E-state index is 12.8. The van der Waals surface area contributed by atoms with Crippen molar-refractivity contribution in [2.75, 3.05) is 25.6 Å². The third-order valence-corrected chi connectivity index (χ3v) is 6.85. The van der Waals surface area contributed by atoms with Gasteiger partial charge in [-0.05, 0) is 55.7 Å². The third-order valence-electron chi connectivity index (χ3n) is 6.85. The van der Waals surface area contributed by atoms with Crippen LogP contribution in [-0.4, -0.2) is 64.5 Å². The number of carbonyl (C=O) groups is 1. The molecule has 3 N–H and O–H groups in total. The maximum Gasteiger partial charge on any atom is 0.257 e. The molecule has 1 saturated heterocycles. The summed E-state index contributed by atoms with van der Waals surface area (Å²) in [5.41, 5.74) is 2.05. The highest BCUT2D eigenvalue weighted by Crippen LogP contribution is 2.28. The van der Waals surface area contributed by atoms with E-state index in [1.54, 1.807) is 36.5 Å². The van der Waals surface area contributed by atoms with Crippen molar-refractivity contribution in [3.05, 3.63) is 53.7 Å². The Kier molecular flexibility index (Phi) is 8.15. The Morgan fingerprint density at radius 2 is 1.97 bits per heavy atom. The van der Waals surface area contributed by atoms with Crippen LogP contribution in [0.25, 0.3) is 11.3 Å². The predicted octanol–water partition coefficient (Wildman–Crippen LogP) is 3.36. The first-order chi connectivity index (χ1) is 19.0. The van der Waals surface area contributed by atoms with E-state index in [9.17, 15) is 15.2 Å². The molecule has 1 aliphatic carbocycles. The molecule has 39 heavy (non-hydrogen) atoms. The zero-order valence-corrected chi connectivity index (χ0v) is 21.6. The number of anilines is 2. The number of ether oxygens (including phenoxy) is 3. The summed E-state index contributed by atoms with van der Waals surface area (Å²) < 4.78 is 16.8. The van der Waals surface area contributed by atoms with Crippen LogP contribution < -0.4 is 20.1 Å². The number of carbonyl (C=O) groups excluding carboxylic acids is 1. The molecule has 1 saturated carbocycles. The molecule has 2 atom stereocenters. The van der Waals surface area contributed by atoms with E-state index in [1.807, 2.05) is 6.07 Å². The maximum absolute atomic E-state index is 12.8. The van der Waals surface area contributed by atoms with E-state index in [1.165, 1.54) is 7.11 Å². The van der Waals surface area contributed by atoms with Gasteiger partial charge < -0.3 is 30.0 Å². The van der Waals surface area contributed by atoms with E-state index in [0.717, 1.165) is 31.2 Å². The smallest absolute Gasteiger partial charge is 0.257 e. The minimum Gasteiger partial charge on any atom is -0.489 e. The molecule has 1 amide bonds. The second-order valence-corrected chi connectivity index (χ2v) is 9.47. The van der Waals surface area contributed by atoms with Gasteiger partial charge in [-0.25, -0.2) is 9.97 Å². The van der Waals surface area contributed by atoms with Gasteiger partial charge in [-0.1, -0.05) is 0 Å². The number of nitrogens with one attached hydrogen (secondary N) is 2. The lowest BCUT2D eigenvalue weighted by Crippen LogP contribution is -2.40. The number of aliphatic hydroxyl groups excluding tert-OH is 1. The molecule has 2 aromatic heterocycles. The monoisotopic (exact) mass is 530 g/mol. The quantitative estimate of drug-likeness (QED) is 0.395. The number of benzene rings is 1. The molecule has 2 unspecified atom stereocenters. The van der Waals surface area contributed by atoms with Crippen LogP contribution >= 0.6 is 0 Å². The van der Waals surface area contributed by atoms with E-state index < -0.39 is 6.10 Å². The Morgan fingerprint density at radius 3 is 2.72 bits per heavy atom. The summed E-state index contributed by atoms with van der Waals surface area (Å²) >= 11 is 0. The van der Waals surface area contributed by atoms with Gasteiger partial charge in [0.05, 0.1) is 43.7 Å². The Morgan fingerprint density at radius 1 is 1.13 bits per heavy atom. The lowest BCUT2D eigenvalue weighted by atomic mass is 10.1. The van der Waals surface area contributed by atoms with Crippen molar-refractivity contribution in [2.45, 2.75) is 50.4 Å². The van der Waals surface area contributed by atoms with Gasteiger partial charge in [-0.15, -0.1) is 0 Å². The molecule has 2 aliphatic rings. The first-order valence-corrected chi connectivity index (χ1v) is 13.0. The molecule has 5 rings (SSSR count). The number of amides is 1. The molecule has 2 fully saturated rings. The highest BCUT2D eigenvalue weighted by Gasteiger charge is 2.28. The number of pyridine rings is 1. The number of methoxy groups -OCH3 is 1. The molecule has 0 radical (unpaired) electrons. The van der Waals surface area contributed by atoms with E-state index in [2.05, 4.69) is 31.7 Å². The van der Waals surface area contributed by atoms with Crippen molar-refractivity contribution in [3.63, 3.8) is 0 Å². The minimum absolute atomic E-state index is 0.0304. The van der Waals surface area contributed by atoms with Crippen LogP contribution in [0.4, 0.5) is 11.8 Å². The van der Waals surface area contributed by atoms with Crippen LogP contribution in [-0.2, 0) is 4.74 Å². The van der Waals surface area contributed by atoms with Crippen molar-refractivity contribution < 1.29 is 24.1 Å². The van der Waals surface area contributed by atoms with Gasteiger partial charge in [0.25, 0.3) is 5.91 Å². The molecule has 202 valence electrons. The number of rotatable bonds is 8. The SMILES string of the molecule is COc1nc(Nc2nccc(-c3ccc(OC4CCOCC4)c(C#N)c3)n2)ccc1C(=O)NC1CCCC1O. The second-order valence-electron chi connectivity index (χ2n) is 9.47. The average Bonchev–Trinajstić information content (AvgIpc) is 3.37. The number of hydrogen-bond acceptors (Lipinski definition) is 10. The first kappa shape index (κ1) is 26.3. The van der Waals surface area contributed by atoms with Gasteiger partial charge in [0.2, 0.25) is 11.8 Å². The molecule has 11 nitrogen and oxygen atoms in total. The zero-order valence-electron chi connectivity index (χ0n) is 21.6. The number of aromatic nitrogens is 3. The largest absolute Gasteiger partial charge is 0.489 e. The Bertz CT molecular complexity index is 1370. The number of nitrogens with zero attached hydrogens (tertiary/aromatic N) is 4. The van der Waals surface area contributed by atoms with E-state index in [-0.39, 0.29) is 35.4 Å². The van der Waals surface area contributed by atoms with Gasteiger partial charge in [0.1, 0.15) is 29.3 Å². The Hall–Kier alpha value is -4.27. The molecule has 1 aromatic carbocycles. The summed E-state index contributed by atoms with van der Waals surface area (Å²) in [5.74, 6) is 1.00. The summed E-state index contributed by atoms with van der Waals surface area (Å²) in [6, 6.07) is 12.3. The summed E-state index contributed by atoms with van der Waals surface area (Å²) in [4.78, 5) is 26.0. The van der Waals surface area contributed by atoms with Crippen LogP contribution in [0.15, 0.2) is 42.6 Å². The minimum atomic E-state index is -0.543. The van der Waals surface area contributed by atoms with Crippen LogP contribution in [0.2, 0.25) is 0 Å². The van der Waals surface area contributed by atoms with Gasteiger partial charge in [-0.2, -0.15) is 10.2 Å². The van der Waals surface area contributed by atoms with Crippen LogP contribution in [0.3, 0.4) is 0 Å². The molecule has 0 spiro atoms. The Labute approximate surface area is 226 Å². The van der Waals surface area contributed by atoms with Crippen LogP contribution in [0.5, 0.6) is 11.6 Å². The molecule has 11 heteroatoms. The highest BCUT2D eigenvalue weighted by atomic mass is 16.5. The van der Waals surface area contributed by atoms with Gasteiger partial charge in [-0.3, -0.25) is 4.79 Å². The van der Waals surface area contributed by atoms with E-state index >= 15 is 0 Å². The number of nitriles is 1. The standard InChI is InChI=1S/C28H30N6O5/c1-37-27-20(26(36)31-22-3-2-4-23(22)35)6-8-25(33-27)34-28-30-12-9-21(32-28)17-5-7-24(18(15-17)16-29)39-19-10-13-38-14-11-19/h5-9,12,15,19,22-23,35H,2-4,10-11,13-14H2,1H3,(H,31,36)(H,30,32,33,34). The van der Waals surface area contributed by atoms with Crippen LogP contribution in [0, 0.1) is 11.3 Å². The van der Waals surface area contributed by atoms with Crippen molar-refractivity contribution in [3.8, 4) is 29.0 Å². The lowest BCUT2D eigenvalue weighted by molar-refractivity contribution is 0.0254.